The second-order valence-electron chi connectivity index (χ2n) is 7.72. The summed E-state index contributed by atoms with van der Waals surface area (Å²) in [6, 6.07) is 0. The van der Waals surface area contributed by atoms with E-state index in [2.05, 4.69) is 27.3 Å². The van der Waals surface area contributed by atoms with Gasteiger partial charge < -0.3 is 4.52 Å². The van der Waals surface area contributed by atoms with Crippen molar-refractivity contribution in [1.29, 1.82) is 0 Å². The van der Waals surface area contributed by atoms with Crippen LogP contribution in [0.5, 0.6) is 0 Å². The standard InChI is InChI=1S/C20H23N5O2S/c1-3-12-14-17(24-23-12)21-18(22-19(14)28-2)15-11-7-6-10-20(16(11)27-25-15)9-5-4-8-13(20)26/h3-10H2,1-2H3,(H,21,22,23,24)/t20-/m1/s1. The van der Waals surface area contributed by atoms with Crippen LogP contribution in [0.1, 0.15) is 62.5 Å². The fourth-order valence-electron chi connectivity index (χ4n) is 4.83. The van der Waals surface area contributed by atoms with Gasteiger partial charge in [-0.25, -0.2) is 9.97 Å². The number of hydrogen-bond donors (Lipinski definition) is 1. The molecular formula is C20H23N5O2S. The average Bonchev–Trinajstić information content (AvgIpc) is 3.34. The topological polar surface area (TPSA) is 97.6 Å². The zero-order chi connectivity index (χ0) is 19.3. The molecule has 0 saturated heterocycles. The number of H-pyrrole nitrogens is 1. The maximum absolute atomic E-state index is 12.9. The molecule has 5 rings (SSSR count). The smallest absolute Gasteiger partial charge is 0.186 e. The lowest BCUT2D eigenvalue weighted by Crippen LogP contribution is -2.41. The number of carbonyl (C=O) groups excluding carboxylic acids is 1. The normalized spacial score (nSPS) is 22.1. The molecule has 7 nitrogen and oxygen atoms in total. The van der Waals surface area contributed by atoms with Crippen molar-refractivity contribution in [3.8, 4) is 11.5 Å². The lowest BCUT2D eigenvalue weighted by Gasteiger charge is -2.36. The first-order valence-corrected chi connectivity index (χ1v) is 11.2. The van der Waals surface area contributed by atoms with Gasteiger partial charge in [0.2, 0.25) is 0 Å². The molecule has 3 aromatic heterocycles. The first-order chi connectivity index (χ1) is 13.7. The number of carbonyl (C=O) groups is 1. The molecule has 0 unspecified atom stereocenters. The predicted molar refractivity (Wildman–Crippen MR) is 106 cm³/mol. The number of aromatic amines is 1. The van der Waals surface area contributed by atoms with Crippen LogP contribution in [0.25, 0.3) is 22.6 Å². The minimum Gasteiger partial charge on any atom is -0.359 e. The maximum Gasteiger partial charge on any atom is 0.186 e. The number of thioether (sulfide) groups is 1. The third-order valence-electron chi connectivity index (χ3n) is 6.26. The SMILES string of the molecule is CCc1[nH]nc2nc(-c3noc4c3CCC[C@@]43CCCCC3=O)nc(SC)c12. The largest absolute Gasteiger partial charge is 0.359 e. The van der Waals surface area contributed by atoms with Gasteiger partial charge in [0.15, 0.2) is 22.9 Å². The van der Waals surface area contributed by atoms with E-state index in [9.17, 15) is 4.79 Å². The van der Waals surface area contributed by atoms with E-state index < -0.39 is 5.41 Å². The Kier molecular flexibility index (Phi) is 4.26. The third-order valence-corrected chi connectivity index (χ3v) is 6.94. The molecule has 28 heavy (non-hydrogen) atoms. The molecule has 2 aliphatic carbocycles. The van der Waals surface area contributed by atoms with Crippen LogP contribution in [0.4, 0.5) is 0 Å². The van der Waals surface area contributed by atoms with Gasteiger partial charge in [-0.2, -0.15) is 5.10 Å². The van der Waals surface area contributed by atoms with Gasteiger partial charge >= 0.3 is 0 Å². The van der Waals surface area contributed by atoms with Crippen LogP contribution >= 0.6 is 11.8 Å². The van der Waals surface area contributed by atoms with Gasteiger partial charge in [0.05, 0.1) is 10.8 Å². The second-order valence-corrected chi connectivity index (χ2v) is 8.51. The molecule has 0 amide bonds. The molecule has 0 radical (unpaired) electrons. The number of aromatic nitrogens is 5. The summed E-state index contributed by atoms with van der Waals surface area (Å²) in [7, 11) is 0. The van der Waals surface area contributed by atoms with E-state index >= 15 is 0 Å². The molecular weight excluding hydrogens is 374 g/mol. The molecule has 0 bridgehead atoms. The summed E-state index contributed by atoms with van der Waals surface area (Å²) in [5.74, 6) is 1.61. The highest BCUT2D eigenvalue weighted by Crippen LogP contribution is 2.47. The summed E-state index contributed by atoms with van der Waals surface area (Å²) >= 11 is 1.58. The second kappa shape index (κ2) is 6.69. The number of nitrogens with zero attached hydrogens (tertiary/aromatic N) is 4. The highest BCUT2D eigenvalue weighted by molar-refractivity contribution is 7.98. The van der Waals surface area contributed by atoms with Crippen molar-refractivity contribution in [2.75, 3.05) is 6.26 Å². The van der Waals surface area contributed by atoms with E-state index in [1.165, 1.54) is 0 Å². The molecule has 146 valence electrons. The average molecular weight is 398 g/mol. The van der Waals surface area contributed by atoms with Gasteiger partial charge in [0.25, 0.3) is 0 Å². The van der Waals surface area contributed by atoms with Gasteiger partial charge in [-0.05, 0) is 44.8 Å². The predicted octanol–water partition coefficient (Wildman–Crippen LogP) is 4.01. The van der Waals surface area contributed by atoms with Crippen LogP contribution in [-0.4, -0.2) is 37.4 Å². The van der Waals surface area contributed by atoms with Crippen LogP contribution in [0.15, 0.2) is 9.55 Å². The molecule has 1 spiro atoms. The highest BCUT2D eigenvalue weighted by Gasteiger charge is 2.48. The molecule has 1 fully saturated rings. The minimum absolute atomic E-state index is 0.309. The number of ketones is 1. The van der Waals surface area contributed by atoms with Crippen molar-refractivity contribution < 1.29 is 9.32 Å². The lowest BCUT2D eigenvalue weighted by molar-refractivity contribution is -0.128. The first-order valence-electron chi connectivity index (χ1n) is 9.99. The first kappa shape index (κ1) is 17.8. The van der Waals surface area contributed by atoms with E-state index in [4.69, 9.17) is 9.51 Å². The summed E-state index contributed by atoms with van der Waals surface area (Å²) in [4.78, 5) is 22.3. The van der Waals surface area contributed by atoms with Crippen molar-refractivity contribution in [1.82, 2.24) is 25.3 Å². The summed E-state index contributed by atoms with van der Waals surface area (Å²) in [6.45, 7) is 2.08. The van der Waals surface area contributed by atoms with E-state index in [-0.39, 0.29) is 0 Å². The third kappa shape index (κ3) is 2.46. The van der Waals surface area contributed by atoms with Crippen LogP contribution < -0.4 is 0 Å². The van der Waals surface area contributed by atoms with Crippen LogP contribution in [0, 0.1) is 0 Å². The van der Waals surface area contributed by atoms with E-state index in [1.54, 1.807) is 11.8 Å². The summed E-state index contributed by atoms with van der Waals surface area (Å²) in [6.07, 6.45) is 9.07. The minimum atomic E-state index is -0.481. The van der Waals surface area contributed by atoms with Gasteiger partial charge in [0.1, 0.15) is 10.8 Å². The Balaban J connectivity index is 1.66. The van der Waals surface area contributed by atoms with Gasteiger partial charge in [-0.1, -0.05) is 18.5 Å². The number of nitrogens with one attached hydrogen (secondary N) is 1. The Labute approximate surface area is 167 Å². The zero-order valence-corrected chi connectivity index (χ0v) is 17.0. The molecule has 0 aromatic carbocycles. The molecule has 1 atom stereocenters. The summed E-state index contributed by atoms with van der Waals surface area (Å²) in [5.41, 5.74) is 2.90. The summed E-state index contributed by atoms with van der Waals surface area (Å²) in [5, 5.41) is 13.7. The Hall–Kier alpha value is -2.22. The van der Waals surface area contributed by atoms with Crippen molar-refractivity contribution in [3.05, 3.63) is 17.0 Å². The number of Topliss-reactive ketones (excluding diaryl/α,β-unsaturated/α-hetero) is 1. The quantitative estimate of drug-likeness (QED) is 0.527. The Morgan fingerprint density at radius 2 is 2.04 bits per heavy atom. The van der Waals surface area contributed by atoms with E-state index in [1.807, 2.05) is 6.26 Å². The van der Waals surface area contributed by atoms with E-state index in [0.29, 0.717) is 29.4 Å². The van der Waals surface area contributed by atoms with Crippen molar-refractivity contribution in [3.63, 3.8) is 0 Å². The molecule has 0 aliphatic heterocycles. The number of rotatable bonds is 3. The van der Waals surface area contributed by atoms with Crippen molar-refractivity contribution in [2.24, 2.45) is 0 Å². The number of aryl methyl sites for hydroxylation is 1. The summed E-state index contributed by atoms with van der Waals surface area (Å²) < 4.78 is 5.83. The van der Waals surface area contributed by atoms with Crippen molar-refractivity contribution in [2.45, 2.75) is 68.7 Å². The molecule has 1 saturated carbocycles. The van der Waals surface area contributed by atoms with Crippen LogP contribution in [0.3, 0.4) is 0 Å². The number of hydrogen-bond acceptors (Lipinski definition) is 7. The highest BCUT2D eigenvalue weighted by atomic mass is 32.2. The zero-order valence-electron chi connectivity index (χ0n) is 16.2. The van der Waals surface area contributed by atoms with E-state index in [0.717, 1.165) is 72.4 Å². The molecule has 8 heteroatoms. The van der Waals surface area contributed by atoms with Gasteiger partial charge in [-0.15, -0.1) is 11.8 Å². The van der Waals surface area contributed by atoms with Crippen molar-refractivity contribution >= 4 is 28.6 Å². The Bertz CT molecular complexity index is 1070. The van der Waals surface area contributed by atoms with Gasteiger partial charge in [-0.3, -0.25) is 9.89 Å². The monoisotopic (exact) mass is 397 g/mol. The Morgan fingerprint density at radius 1 is 1.18 bits per heavy atom. The fourth-order valence-corrected chi connectivity index (χ4v) is 5.43. The molecule has 3 aromatic rings. The molecule has 2 aliphatic rings. The molecule has 3 heterocycles. The van der Waals surface area contributed by atoms with Gasteiger partial charge in [0, 0.05) is 17.7 Å². The molecule has 1 N–H and O–H groups in total. The number of fused-ring (bicyclic) bond motifs is 3. The van der Waals surface area contributed by atoms with Crippen LogP contribution in [0.2, 0.25) is 0 Å². The van der Waals surface area contributed by atoms with Crippen LogP contribution in [-0.2, 0) is 23.1 Å². The lowest BCUT2D eigenvalue weighted by atomic mass is 9.64. The maximum atomic E-state index is 12.9. The Morgan fingerprint density at radius 3 is 2.82 bits per heavy atom. The fraction of sp³-hybridized carbons (Fsp3) is 0.550.